The number of rotatable bonds is 13. The van der Waals surface area contributed by atoms with Gasteiger partial charge in [-0.1, -0.05) is 19.4 Å². The molecule has 0 amide bonds. The van der Waals surface area contributed by atoms with Crippen LogP contribution in [0.1, 0.15) is 32.3 Å². The Morgan fingerprint density at radius 1 is 1.07 bits per heavy atom. The SMILES string of the molecule is CCCCOCCOCCNC(=NCc1ccc(N(C)C)c(F)c1)NCC.I. The van der Waals surface area contributed by atoms with Gasteiger partial charge in [0.1, 0.15) is 5.82 Å². The zero-order valence-corrected chi connectivity index (χ0v) is 19.9. The van der Waals surface area contributed by atoms with Crippen LogP contribution in [0, 0.1) is 5.82 Å². The summed E-state index contributed by atoms with van der Waals surface area (Å²) in [5, 5.41) is 6.40. The Bertz CT molecular complexity index is 559. The van der Waals surface area contributed by atoms with Crippen LogP contribution in [-0.2, 0) is 16.0 Å². The van der Waals surface area contributed by atoms with Gasteiger partial charge in [0.15, 0.2) is 5.96 Å². The fourth-order valence-electron chi connectivity index (χ4n) is 2.33. The summed E-state index contributed by atoms with van der Waals surface area (Å²) in [4.78, 5) is 6.25. The van der Waals surface area contributed by atoms with Crippen molar-refractivity contribution in [3.63, 3.8) is 0 Å². The van der Waals surface area contributed by atoms with Gasteiger partial charge >= 0.3 is 0 Å². The van der Waals surface area contributed by atoms with Crippen LogP contribution in [0.15, 0.2) is 23.2 Å². The van der Waals surface area contributed by atoms with E-state index in [1.165, 1.54) is 6.07 Å². The standard InChI is InChI=1S/C20H35FN4O2.HI/c1-5-7-11-26-13-14-27-12-10-23-20(22-6-2)24-16-17-8-9-19(25(3)4)18(21)15-17;/h8-9,15H,5-7,10-14,16H2,1-4H3,(H2,22,23,24);1H. The van der Waals surface area contributed by atoms with E-state index in [1.807, 2.05) is 27.1 Å². The van der Waals surface area contributed by atoms with E-state index < -0.39 is 0 Å². The summed E-state index contributed by atoms with van der Waals surface area (Å²) in [5.41, 5.74) is 1.40. The van der Waals surface area contributed by atoms with Gasteiger partial charge in [0.05, 0.1) is 32.1 Å². The number of unbranched alkanes of at least 4 members (excludes halogenated alkanes) is 1. The lowest BCUT2D eigenvalue weighted by atomic mass is 10.2. The van der Waals surface area contributed by atoms with Crippen molar-refractivity contribution in [2.45, 2.75) is 33.2 Å². The van der Waals surface area contributed by atoms with Gasteiger partial charge in [0.2, 0.25) is 0 Å². The van der Waals surface area contributed by atoms with Crippen molar-refractivity contribution in [3.8, 4) is 0 Å². The monoisotopic (exact) mass is 510 g/mol. The van der Waals surface area contributed by atoms with Crippen LogP contribution in [0.5, 0.6) is 0 Å². The Morgan fingerprint density at radius 2 is 1.79 bits per heavy atom. The van der Waals surface area contributed by atoms with E-state index in [-0.39, 0.29) is 29.8 Å². The van der Waals surface area contributed by atoms with Gasteiger partial charge < -0.3 is 25.0 Å². The molecule has 1 rings (SSSR count). The molecular formula is C20H36FIN4O2. The molecule has 1 aromatic carbocycles. The number of ether oxygens (including phenoxy) is 2. The maximum atomic E-state index is 14.0. The molecule has 0 spiro atoms. The number of nitrogens with one attached hydrogen (secondary N) is 2. The second-order valence-corrected chi connectivity index (χ2v) is 6.38. The highest BCUT2D eigenvalue weighted by Gasteiger charge is 2.05. The summed E-state index contributed by atoms with van der Waals surface area (Å²) in [6, 6.07) is 5.20. The molecule has 0 aromatic heterocycles. The predicted octanol–water partition coefficient (Wildman–Crippen LogP) is 3.40. The molecule has 0 bridgehead atoms. The van der Waals surface area contributed by atoms with Crippen molar-refractivity contribution in [1.82, 2.24) is 10.6 Å². The van der Waals surface area contributed by atoms with Gasteiger partial charge in [0, 0.05) is 33.8 Å². The molecule has 0 radical (unpaired) electrons. The highest BCUT2D eigenvalue weighted by atomic mass is 127. The molecule has 8 heteroatoms. The second kappa shape index (κ2) is 16.8. The molecule has 0 aliphatic carbocycles. The molecule has 162 valence electrons. The average Bonchev–Trinajstić information content (AvgIpc) is 2.64. The van der Waals surface area contributed by atoms with Crippen molar-refractivity contribution >= 4 is 35.6 Å². The van der Waals surface area contributed by atoms with Crippen LogP contribution < -0.4 is 15.5 Å². The molecule has 6 nitrogen and oxygen atoms in total. The summed E-state index contributed by atoms with van der Waals surface area (Å²) < 4.78 is 25.0. The third kappa shape index (κ3) is 11.7. The molecule has 0 saturated heterocycles. The van der Waals surface area contributed by atoms with E-state index in [2.05, 4.69) is 22.5 Å². The first-order valence-corrected chi connectivity index (χ1v) is 9.71. The second-order valence-electron chi connectivity index (χ2n) is 6.38. The smallest absolute Gasteiger partial charge is 0.191 e. The third-order valence-electron chi connectivity index (χ3n) is 3.81. The number of nitrogens with zero attached hydrogens (tertiary/aromatic N) is 2. The Balaban J connectivity index is 0.00000729. The van der Waals surface area contributed by atoms with Crippen molar-refractivity contribution in [2.75, 3.05) is 58.5 Å². The molecule has 0 saturated carbocycles. The van der Waals surface area contributed by atoms with Crippen molar-refractivity contribution in [1.29, 1.82) is 0 Å². The molecule has 0 aliphatic rings. The zero-order chi connectivity index (χ0) is 19.9. The summed E-state index contributed by atoms with van der Waals surface area (Å²) >= 11 is 0. The van der Waals surface area contributed by atoms with Gasteiger partial charge in [-0.25, -0.2) is 9.38 Å². The molecule has 2 N–H and O–H groups in total. The quantitative estimate of drug-likeness (QED) is 0.185. The third-order valence-corrected chi connectivity index (χ3v) is 3.81. The number of hydrogen-bond acceptors (Lipinski definition) is 4. The van der Waals surface area contributed by atoms with Crippen LogP contribution in [-0.4, -0.2) is 59.6 Å². The topological polar surface area (TPSA) is 58.1 Å². The number of halogens is 2. The van der Waals surface area contributed by atoms with E-state index in [1.54, 1.807) is 11.0 Å². The first kappa shape index (κ1) is 26.9. The Hall–Kier alpha value is -1.13. The molecule has 0 atom stereocenters. The lowest BCUT2D eigenvalue weighted by molar-refractivity contribution is 0.0487. The zero-order valence-electron chi connectivity index (χ0n) is 17.6. The lowest BCUT2D eigenvalue weighted by Gasteiger charge is -2.14. The molecule has 1 aromatic rings. The maximum absolute atomic E-state index is 14.0. The minimum atomic E-state index is -0.236. The van der Waals surface area contributed by atoms with Gasteiger partial charge in [0.25, 0.3) is 0 Å². The minimum absolute atomic E-state index is 0. The first-order chi connectivity index (χ1) is 13.1. The summed E-state index contributed by atoms with van der Waals surface area (Å²) in [6.07, 6.45) is 2.23. The molecule has 0 aliphatic heterocycles. The Labute approximate surface area is 186 Å². The molecule has 28 heavy (non-hydrogen) atoms. The number of guanidine groups is 1. The Kier molecular flexibility index (Phi) is 16.1. The van der Waals surface area contributed by atoms with Crippen molar-refractivity contribution in [2.24, 2.45) is 4.99 Å². The van der Waals surface area contributed by atoms with E-state index in [4.69, 9.17) is 9.47 Å². The highest BCUT2D eigenvalue weighted by Crippen LogP contribution is 2.18. The van der Waals surface area contributed by atoms with E-state index >= 15 is 0 Å². The van der Waals surface area contributed by atoms with Crippen LogP contribution in [0.25, 0.3) is 0 Å². The van der Waals surface area contributed by atoms with Gasteiger partial charge in [-0.2, -0.15) is 0 Å². The van der Waals surface area contributed by atoms with Gasteiger partial charge in [-0.3, -0.25) is 0 Å². The maximum Gasteiger partial charge on any atom is 0.191 e. The lowest BCUT2D eigenvalue weighted by Crippen LogP contribution is -2.39. The number of benzene rings is 1. The molecule has 0 unspecified atom stereocenters. The summed E-state index contributed by atoms with van der Waals surface area (Å²) in [6.45, 7) is 8.56. The summed E-state index contributed by atoms with van der Waals surface area (Å²) in [5.74, 6) is 0.456. The largest absolute Gasteiger partial charge is 0.379 e. The van der Waals surface area contributed by atoms with Gasteiger partial charge in [-0.15, -0.1) is 24.0 Å². The summed E-state index contributed by atoms with van der Waals surface area (Å²) in [7, 11) is 3.64. The number of anilines is 1. The van der Waals surface area contributed by atoms with Gasteiger partial charge in [-0.05, 0) is 31.0 Å². The average molecular weight is 510 g/mol. The highest BCUT2D eigenvalue weighted by molar-refractivity contribution is 14.0. The van der Waals surface area contributed by atoms with E-state index in [0.29, 0.717) is 44.6 Å². The van der Waals surface area contributed by atoms with Crippen LogP contribution >= 0.6 is 24.0 Å². The predicted molar refractivity (Wildman–Crippen MR) is 126 cm³/mol. The fraction of sp³-hybridized carbons (Fsp3) is 0.650. The van der Waals surface area contributed by atoms with E-state index in [0.717, 1.165) is 31.6 Å². The van der Waals surface area contributed by atoms with Crippen molar-refractivity contribution < 1.29 is 13.9 Å². The normalized spacial score (nSPS) is 11.1. The van der Waals surface area contributed by atoms with E-state index in [9.17, 15) is 4.39 Å². The first-order valence-electron chi connectivity index (χ1n) is 9.71. The van der Waals surface area contributed by atoms with Crippen LogP contribution in [0.4, 0.5) is 10.1 Å². The fourth-order valence-corrected chi connectivity index (χ4v) is 2.33. The molecular weight excluding hydrogens is 474 g/mol. The van der Waals surface area contributed by atoms with Crippen LogP contribution in [0.2, 0.25) is 0 Å². The minimum Gasteiger partial charge on any atom is -0.379 e. The number of aliphatic imine (C=N–C) groups is 1. The molecule has 0 heterocycles. The van der Waals surface area contributed by atoms with Crippen molar-refractivity contribution in [3.05, 3.63) is 29.6 Å². The Morgan fingerprint density at radius 3 is 2.39 bits per heavy atom. The number of hydrogen-bond donors (Lipinski definition) is 2. The molecule has 0 fully saturated rings. The van der Waals surface area contributed by atoms with Crippen LogP contribution in [0.3, 0.4) is 0 Å².